The average molecular weight is 462 g/mol. The van der Waals surface area contributed by atoms with Gasteiger partial charge in [-0.3, -0.25) is 4.79 Å². The number of rotatable bonds is 5. The van der Waals surface area contributed by atoms with Gasteiger partial charge in [0.2, 0.25) is 11.7 Å². The second-order valence-electron chi connectivity index (χ2n) is 10.3. The fraction of sp³-hybridized carbons (Fsp3) is 0.720. The van der Waals surface area contributed by atoms with Gasteiger partial charge in [0.1, 0.15) is 0 Å². The highest BCUT2D eigenvalue weighted by molar-refractivity contribution is 7.98. The van der Waals surface area contributed by atoms with Crippen LogP contribution >= 0.6 is 11.8 Å². The summed E-state index contributed by atoms with van der Waals surface area (Å²) < 4.78 is 13.0. The molecule has 0 radical (unpaired) electrons. The van der Waals surface area contributed by atoms with E-state index < -0.39 is 17.7 Å². The monoisotopic (exact) mass is 461 g/mol. The van der Waals surface area contributed by atoms with E-state index in [1.165, 1.54) is 11.3 Å². The number of amides is 1. The molecular weight excluding hydrogens is 426 g/mol. The fourth-order valence-corrected chi connectivity index (χ4v) is 6.89. The van der Waals surface area contributed by atoms with Crippen molar-refractivity contribution in [1.29, 1.82) is 0 Å². The van der Waals surface area contributed by atoms with Crippen molar-refractivity contribution < 1.29 is 24.0 Å². The van der Waals surface area contributed by atoms with Gasteiger partial charge in [-0.15, -0.1) is 11.8 Å². The quantitative estimate of drug-likeness (QED) is 0.469. The van der Waals surface area contributed by atoms with Crippen LogP contribution in [0.2, 0.25) is 0 Å². The highest BCUT2D eigenvalue weighted by Crippen LogP contribution is 2.60. The molecule has 4 heterocycles. The molecule has 4 aliphatic heterocycles. The Balaban J connectivity index is 1.28. The van der Waals surface area contributed by atoms with Crippen molar-refractivity contribution in [2.45, 2.75) is 88.0 Å². The molecule has 1 aromatic rings. The van der Waals surface area contributed by atoms with Crippen molar-refractivity contribution in [2.75, 3.05) is 11.6 Å². The smallest absolute Gasteiger partial charge is 0.224 e. The number of benzene rings is 1. The van der Waals surface area contributed by atoms with Gasteiger partial charge < -0.3 is 14.8 Å². The summed E-state index contributed by atoms with van der Waals surface area (Å²) in [5, 5.41) is 3.02. The maximum atomic E-state index is 12.6. The van der Waals surface area contributed by atoms with Gasteiger partial charge in [-0.1, -0.05) is 13.8 Å². The number of hydrogen-bond donors (Lipinski definition) is 1. The normalized spacial score (nSPS) is 42.8. The summed E-state index contributed by atoms with van der Waals surface area (Å²) in [7, 11) is 0. The number of fused-ring (bicyclic) bond motifs is 2. The van der Waals surface area contributed by atoms with Crippen LogP contribution in [-0.4, -0.2) is 35.9 Å². The third-order valence-electron chi connectivity index (χ3n) is 8.32. The minimum Gasteiger partial charge on any atom is -0.346 e. The summed E-state index contributed by atoms with van der Waals surface area (Å²) in [5.74, 6) is 0.747. The summed E-state index contributed by atoms with van der Waals surface area (Å²) in [6.45, 7) is 6.52. The zero-order chi connectivity index (χ0) is 22.5. The molecule has 32 heavy (non-hydrogen) atoms. The first-order chi connectivity index (χ1) is 15.3. The third-order valence-corrected chi connectivity index (χ3v) is 9.07. The summed E-state index contributed by atoms with van der Waals surface area (Å²) in [6, 6.07) is 7.94. The maximum Gasteiger partial charge on any atom is 0.224 e. The van der Waals surface area contributed by atoms with E-state index in [4.69, 9.17) is 19.2 Å². The Kier molecular flexibility index (Phi) is 6.08. The Morgan fingerprint density at radius 3 is 2.66 bits per heavy atom. The van der Waals surface area contributed by atoms with Crippen LogP contribution in [0.3, 0.4) is 0 Å². The molecule has 5 aliphatic rings. The lowest BCUT2D eigenvalue weighted by Crippen LogP contribution is -2.70. The van der Waals surface area contributed by atoms with E-state index in [1.807, 2.05) is 37.4 Å². The van der Waals surface area contributed by atoms with Crippen molar-refractivity contribution in [1.82, 2.24) is 0 Å². The minimum absolute atomic E-state index is 0.0166. The molecule has 5 fully saturated rings. The molecule has 0 aromatic heterocycles. The van der Waals surface area contributed by atoms with Gasteiger partial charge >= 0.3 is 0 Å². The summed E-state index contributed by atoms with van der Waals surface area (Å²) in [6.07, 6.45) is 6.75. The van der Waals surface area contributed by atoms with E-state index >= 15 is 0 Å². The average Bonchev–Trinajstić information content (AvgIpc) is 3.01. The molecule has 176 valence electrons. The maximum absolute atomic E-state index is 12.6. The molecule has 1 aliphatic carbocycles. The Bertz CT molecular complexity index is 849. The molecule has 4 saturated heterocycles. The van der Waals surface area contributed by atoms with E-state index in [9.17, 15) is 4.79 Å². The van der Waals surface area contributed by atoms with Crippen LogP contribution < -0.4 is 5.32 Å². The predicted molar refractivity (Wildman–Crippen MR) is 123 cm³/mol. The number of thioether (sulfide) groups is 1. The number of carbonyl (C=O) groups is 1. The molecule has 6 rings (SSSR count). The highest BCUT2D eigenvalue weighted by atomic mass is 32.2. The molecular formula is C25H35NO5S. The number of nitrogens with one attached hydrogen (secondary N) is 1. The molecule has 1 spiro atoms. The molecule has 8 unspecified atom stereocenters. The second kappa shape index (κ2) is 8.58. The van der Waals surface area contributed by atoms with Gasteiger partial charge in [0, 0.05) is 29.3 Å². The van der Waals surface area contributed by atoms with Gasteiger partial charge in [-0.2, -0.15) is 0 Å². The van der Waals surface area contributed by atoms with Crippen LogP contribution in [0.25, 0.3) is 0 Å². The zero-order valence-electron chi connectivity index (χ0n) is 19.5. The standard InChI is InChI=1S/C25H35NO5S/c1-15-5-10-20-16(2)21(11-12-22(27)26-17-6-8-18(32-4)9-7-17)28-23-25(20)19(15)13-14-24(3,29-23)30-31-25/h6-9,15-16,19-21,23H,5,10-14H2,1-4H3,(H,26,27). The number of carbonyl (C=O) groups excluding carboxylic acids is 1. The molecule has 2 bridgehead atoms. The molecule has 1 amide bonds. The first-order valence-corrected chi connectivity index (χ1v) is 13.2. The van der Waals surface area contributed by atoms with Crippen molar-refractivity contribution in [3.05, 3.63) is 24.3 Å². The SMILES string of the molecule is CSc1ccc(NC(=O)CCC2OC3OC4(C)CCC5C(C)CCC(C2C)C35OO4)cc1. The molecule has 1 saturated carbocycles. The lowest BCUT2D eigenvalue weighted by Gasteiger charge is -2.60. The number of ether oxygens (including phenoxy) is 2. The molecule has 6 nitrogen and oxygen atoms in total. The largest absolute Gasteiger partial charge is 0.346 e. The third kappa shape index (κ3) is 3.80. The highest BCUT2D eigenvalue weighted by Gasteiger charge is 2.69. The van der Waals surface area contributed by atoms with E-state index in [2.05, 4.69) is 19.2 Å². The molecule has 8 atom stereocenters. The predicted octanol–water partition coefficient (Wildman–Crippen LogP) is 5.38. The van der Waals surface area contributed by atoms with Crippen LogP contribution in [0.15, 0.2) is 29.2 Å². The second-order valence-corrected chi connectivity index (χ2v) is 11.1. The number of hydrogen-bond acceptors (Lipinski definition) is 6. The van der Waals surface area contributed by atoms with Crippen molar-refractivity contribution >= 4 is 23.4 Å². The van der Waals surface area contributed by atoms with Crippen molar-refractivity contribution in [3.63, 3.8) is 0 Å². The van der Waals surface area contributed by atoms with E-state index in [1.54, 1.807) is 11.8 Å². The summed E-state index contributed by atoms with van der Waals surface area (Å²) >= 11 is 1.69. The lowest BCUT2D eigenvalue weighted by molar-refractivity contribution is -0.571. The lowest BCUT2D eigenvalue weighted by atomic mass is 9.57. The van der Waals surface area contributed by atoms with Crippen molar-refractivity contribution in [3.8, 4) is 0 Å². The van der Waals surface area contributed by atoms with Crippen LogP contribution in [0.4, 0.5) is 5.69 Å². The number of anilines is 1. The Hall–Kier alpha value is -1.12. The van der Waals surface area contributed by atoms with Crippen LogP contribution in [-0.2, 0) is 24.0 Å². The van der Waals surface area contributed by atoms with Crippen LogP contribution in [0.5, 0.6) is 0 Å². The fourth-order valence-electron chi connectivity index (χ4n) is 6.48. The van der Waals surface area contributed by atoms with Crippen LogP contribution in [0.1, 0.15) is 59.3 Å². The van der Waals surface area contributed by atoms with Gasteiger partial charge in [-0.05, 0) is 80.9 Å². The Morgan fingerprint density at radius 2 is 1.91 bits per heavy atom. The molecule has 7 heteroatoms. The molecule has 1 N–H and O–H groups in total. The summed E-state index contributed by atoms with van der Waals surface area (Å²) in [4.78, 5) is 25.9. The molecule has 1 aromatic carbocycles. The first-order valence-electron chi connectivity index (χ1n) is 12.0. The van der Waals surface area contributed by atoms with Crippen molar-refractivity contribution in [2.24, 2.45) is 23.7 Å². The van der Waals surface area contributed by atoms with Crippen LogP contribution in [0, 0.1) is 23.7 Å². The van der Waals surface area contributed by atoms with E-state index in [-0.39, 0.29) is 17.9 Å². The minimum atomic E-state index is -0.761. The van der Waals surface area contributed by atoms with Gasteiger partial charge in [0.25, 0.3) is 0 Å². The van der Waals surface area contributed by atoms with Gasteiger partial charge in [0.05, 0.1) is 6.10 Å². The summed E-state index contributed by atoms with van der Waals surface area (Å²) in [5.41, 5.74) is 0.293. The van der Waals surface area contributed by atoms with E-state index in [0.717, 1.165) is 24.9 Å². The zero-order valence-corrected chi connectivity index (χ0v) is 20.3. The van der Waals surface area contributed by atoms with E-state index in [0.29, 0.717) is 30.6 Å². The van der Waals surface area contributed by atoms with Gasteiger partial charge in [0.15, 0.2) is 11.9 Å². The Labute approximate surface area is 195 Å². The topological polar surface area (TPSA) is 66.0 Å². The Morgan fingerprint density at radius 1 is 1.12 bits per heavy atom. The first kappa shape index (κ1) is 22.7. The van der Waals surface area contributed by atoms with Gasteiger partial charge in [-0.25, -0.2) is 9.78 Å².